The van der Waals surface area contributed by atoms with Gasteiger partial charge in [0, 0.05) is 11.3 Å². The summed E-state index contributed by atoms with van der Waals surface area (Å²) in [6.45, 7) is 0.976. The van der Waals surface area contributed by atoms with Crippen molar-refractivity contribution in [1.29, 1.82) is 0 Å². The highest BCUT2D eigenvalue weighted by molar-refractivity contribution is 5.61. The largest absolute Gasteiger partial charge is 0.489 e. The van der Waals surface area contributed by atoms with Crippen molar-refractivity contribution in [2.24, 2.45) is 0 Å². The van der Waals surface area contributed by atoms with Crippen LogP contribution >= 0.6 is 0 Å². The molecule has 104 valence electrons. The number of nitrogens with two attached hydrogens (primary N) is 1. The van der Waals surface area contributed by atoms with E-state index in [1.54, 1.807) is 12.1 Å². The molecule has 0 atom stereocenters. The lowest BCUT2D eigenvalue weighted by molar-refractivity contribution is 0.246. The summed E-state index contributed by atoms with van der Waals surface area (Å²) in [6, 6.07) is 10.0. The average Bonchev–Trinajstić information content (AvgIpc) is 2.47. The Labute approximate surface area is 117 Å². The molecule has 2 aromatic carbocycles. The van der Waals surface area contributed by atoms with E-state index in [0.29, 0.717) is 19.0 Å². The lowest BCUT2D eigenvalue weighted by Gasteiger charge is -2.21. The molecule has 0 saturated carbocycles. The Morgan fingerprint density at radius 1 is 1.25 bits per heavy atom. The van der Waals surface area contributed by atoms with Gasteiger partial charge >= 0.3 is 0 Å². The van der Waals surface area contributed by atoms with Gasteiger partial charge in [0.2, 0.25) is 0 Å². The summed E-state index contributed by atoms with van der Waals surface area (Å²) in [5.74, 6) is 1.13. The normalized spacial score (nSPS) is 13.4. The van der Waals surface area contributed by atoms with Crippen molar-refractivity contribution in [2.75, 3.05) is 12.3 Å². The van der Waals surface area contributed by atoms with Gasteiger partial charge in [0.05, 0.1) is 6.61 Å². The molecule has 20 heavy (non-hydrogen) atoms. The summed E-state index contributed by atoms with van der Waals surface area (Å²) in [6.07, 6.45) is 1.86. The zero-order valence-electron chi connectivity index (χ0n) is 11.1. The van der Waals surface area contributed by atoms with Gasteiger partial charge in [-0.15, -0.1) is 0 Å². The van der Waals surface area contributed by atoms with Crippen LogP contribution in [0.4, 0.5) is 10.1 Å². The third-order valence-corrected chi connectivity index (χ3v) is 3.36. The van der Waals surface area contributed by atoms with Gasteiger partial charge in [-0.2, -0.15) is 0 Å². The minimum absolute atomic E-state index is 0.262. The molecule has 2 aromatic rings. The summed E-state index contributed by atoms with van der Waals surface area (Å²) in [7, 11) is 0. The molecule has 1 heterocycles. The van der Waals surface area contributed by atoms with Crippen LogP contribution in [0.1, 0.15) is 17.5 Å². The Kier molecular flexibility index (Phi) is 3.46. The molecule has 0 aliphatic carbocycles. The van der Waals surface area contributed by atoms with E-state index in [2.05, 4.69) is 0 Å². The molecule has 0 spiro atoms. The Balaban J connectivity index is 1.81. The highest BCUT2D eigenvalue weighted by Crippen LogP contribution is 2.38. The lowest BCUT2D eigenvalue weighted by atomic mass is 10.0. The molecule has 0 radical (unpaired) electrons. The predicted octanol–water partition coefficient (Wildman–Crippen LogP) is 3.31. The molecule has 3 rings (SSSR count). The van der Waals surface area contributed by atoms with Crippen molar-refractivity contribution in [1.82, 2.24) is 0 Å². The zero-order valence-corrected chi connectivity index (χ0v) is 11.1. The Morgan fingerprint density at radius 3 is 3.00 bits per heavy atom. The maximum Gasteiger partial charge on any atom is 0.166 e. The van der Waals surface area contributed by atoms with Crippen LogP contribution in [0.25, 0.3) is 0 Å². The number of hydrogen-bond donors (Lipinski definition) is 1. The van der Waals surface area contributed by atoms with Crippen LogP contribution in [0.2, 0.25) is 0 Å². The molecule has 3 nitrogen and oxygen atoms in total. The van der Waals surface area contributed by atoms with Crippen molar-refractivity contribution in [2.45, 2.75) is 19.4 Å². The lowest BCUT2D eigenvalue weighted by Crippen LogP contribution is -2.12. The first kappa shape index (κ1) is 12.8. The van der Waals surface area contributed by atoms with Crippen LogP contribution in [0.15, 0.2) is 36.4 Å². The van der Waals surface area contributed by atoms with Crippen LogP contribution in [0, 0.1) is 5.82 Å². The number of nitrogen functional groups attached to an aromatic ring is 1. The maximum absolute atomic E-state index is 13.1. The van der Waals surface area contributed by atoms with Crippen molar-refractivity contribution in [3.05, 3.63) is 53.3 Å². The van der Waals surface area contributed by atoms with E-state index in [1.807, 2.05) is 12.1 Å². The highest BCUT2D eigenvalue weighted by Gasteiger charge is 2.18. The minimum atomic E-state index is -0.262. The smallest absolute Gasteiger partial charge is 0.166 e. The number of anilines is 1. The summed E-state index contributed by atoms with van der Waals surface area (Å²) >= 11 is 0. The second kappa shape index (κ2) is 5.41. The molecule has 0 bridgehead atoms. The van der Waals surface area contributed by atoms with E-state index in [4.69, 9.17) is 15.2 Å². The minimum Gasteiger partial charge on any atom is -0.489 e. The molecule has 4 heteroatoms. The van der Waals surface area contributed by atoms with Crippen molar-refractivity contribution < 1.29 is 13.9 Å². The van der Waals surface area contributed by atoms with Crippen molar-refractivity contribution in [3.8, 4) is 11.5 Å². The first-order chi connectivity index (χ1) is 9.74. The van der Waals surface area contributed by atoms with Crippen LogP contribution in [-0.4, -0.2) is 6.61 Å². The van der Waals surface area contributed by atoms with Gasteiger partial charge in [-0.1, -0.05) is 12.1 Å². The van der Waals surface area contributed by atoms with E-state index in [1.165, 1.54) is 12.1 Å². The predicted molar refractivity (Wildman–Crippen MR) is 75.4 cm³/mol. The fraction of sp³-hybridized carbons (Fsp3) is 0.250. The van der Waals surface area contributed by atoms with Crippen LogP contribution in [0.3, 0.4) is 0 Å². The number of hydrogen-bond acceptors (Lipinski definition) is 3. The Hall–Kier alpha value is -2.23. The fourth-order valence-corrected chi connectivity index (χ4v) is 2.36. The number of rotatable bonds is 3. The topological polar surface area (TPSA) is 44.5 Å². The summed E-state index contributed by atoms with van der Waals surface area (Å²) in [4.78, 5) is 0. The van der Waals surface area contributed by atoms with Gasteiger partial charge < -0.3 is 15.2 Å². The molecule has 0 unspecified atom stereocenters. The van der Waals surface area contributed by atoms with Crippen LogP contribution in [-0.2, 0) is 13.0 Å². The van der Waals surface area contributed by atoms with Gasteiger partial charge in [0.1, 0.15) is 12.4 Å². The molecule has 0 saturated heterocycles. The summed E-state index contributed by atoms with van der Waals surface area (Å²) in [5.41, 5.74) is 8.48. The molecule has 0 fully saturated rings. The first-order valence-electron chi connectivity index (χ1n) is 6.65. The van der Waals surface area contributed by atoms with E-state index in [0.717, 1.165) is 35.4 Å². The Morgan fingerprint density at radius 2 is 2.15 bits per heavy atom. The fourth-order valence-electron chi connectivity index (χ4n) is 2.36. The van der Waals surface area contributed by atoms with Gasteiger partial charge in [0.15, 0.2) is 11.5 Å². The summed E-state index contributed by atoms with van der Waals surface area (Å²) < 4.78 is 24.5. The van der Waals surface area contributed by atoms with Crippen molar-refractivity contribution >= 4 is 5.69 Å². The molecule has 1 aliphatic heterocycles. The second-order valence-electron chi connectivity index (χ2n) is 4.83. The number of fused-ring (bicyclic) bond motifs is 1. The maximum atomic E-state index is 13.1. The first-order valence-corrected chi connectivity index (χ1v) is 6.65. The van der Waals surface area contributed by atoms with Gasteiger partial charge in [0.25, 0.3) is 0 Å². The molecule has 0 amide bonds. The third-order valence-electron chi connectivity index (χ3n) is 3.36. The van der Waals surface area contributed by atoms with E-state index in [9.17, 15) is 4.39 Å². The van der Waals surface area contributed by atoms with E-state index < -0.39 is 0 Å². The summed E-state index contributed by atoms with van der Waals surface area (Å²) in [5, 5.41) is 0. The number of halogens is 1. The molecular weight excluding hydrogens is 257 g/mol. The zero-order chi connectivity index (χ0) is 13.9. The molecular formula is C16H16FNO2. The number of benzene rings is 2. The monoisotopic (exact) mass is 273 g/mol. The van der Waals surface area contributed by atoms with Gasteiger partial charge in [-0.05, 0) is 42.7 Å². The van der Waals surface area contributed by atoms with Crippen LogP contribution in [0.5, 0.6) is 11.5 Å². The average molecular weight is 273 g/mol. The van der Waals surface area contributed by atoms with E-state index >= 15 is 0 Å². The molecule has 0 aromatic heterocycles. The quantitative estimate of drug-likeness (QED) is 0.873. The van der Waals surface area contributed by atoms with Crippen LogP contribution < -0.4 is 15.2 Å². The standard InChI is InChI=1S/C16H16FNO2/c17-12-4-1-3-11(9-12)10-20-15-7-6-14(18)13-5-2-8-19-16(13)15/h1,3-4,6-7,9H,2,5,8,10,18H2. The van der Waals surface area contributed by atoms with Crippen molar-refractivity contribution in [3.63, 3.8) is 0 Å². The molecule has 1 aliphatic rings. The molecule has 2 N–H and O–H groups in total. The number of ether oxygens (including phenoxy) is 2. The van der Waals surface area contributed by atoms with Gasteiger partial charge in [-0.25, -0.2) is 4.39 Å². The SMILES string of the molecule is Nc1ccc(OCc2cccc(F)c2)c2c1CCCO2. The van der Waals surface area contributed by atoms with Gasteiger partial charge in [-0.3, -0.25) is 0 Å². The third kappa shape index (κ3) is 2.54. The van der Waals surface area contributed by atoms with E-state index in [-0.39, 0.29) is 5.82 Å². The Bertz CT molecular complexity index is 628. The highest BCUT2D eigenvalue weighted by atomic mass is 19.1. The second-order valence-corrected chi connectivity index (χ2v) is 4.83.